The lowest BCUT2D eigenvalue weighted by molar-refractivity contribution is -0.257. The summed E-state index contributed by atoms with van der Waals surface area (Å²) in [6, 6.07) is 1.85. The van der Waals surface area contributed by atoms with E-state index in [0.717, 1.165) is 18.4 Å². The van der Waals surface area contributed by atoms with E-state index in [9.17, 15) is 14.7 Å². The van der Waals surface area contributed by atoms with Gasteiger partial charge in [-0.2, -0.15) is 0 Å². The number of aliphatic hydroxyl groups is 1. The number of fused-ring (bicyclic) bond motifs is 3. The molecule has 2 aliphatic heterocycles. The summed E-state index contributed by atoms with van der Waals surface area (Å²) in [5.74, 6) is -0.529. The van der Waals surface area contributed by atoms with Crippen molar-refractivity contribution >= 4 is 11.9 Å². The van der Waals surface area contributed by atoms with E-state index >= 15 is 0 Å². The average Bonchev–Trinajstić information content (AvgIpc) is 3.35. The third kappa shape index (κ3) is 2.54. The number of aliphatic hydroxyl groups excluding tert-OH is 1. The first kappa shape index (κ1) is 23.3. The van der Waals surface area contributed by atoms with Gasteiger partial charge in [0.15, 0.2) is 6.10 Å². The maximum Gasteiger partial charge on any atom is 0.339 e. The number of allylic oxidation sites excluding steroid dienone is 1. The average molecular weight is 485 g/mol. The topological polar surface area (TPSA) is 98.5 Å². The molecular formula is C28H36O7. The van der Waals surface area contributed by atoms with Crippen molar-refractivity contribution in [2.75, 3.05) is 0 Å². The zero-order valence-electron chi connectivity index (χ0n) is 21.4. The Morgan fingerprint density at radius 1 is 1.14 bits per heavy atom. The van der Waals surface area contributed by atoms with Crippen LogP contribution in [0.5, 0.6) is 0 Å². The number of rotatable bonds is 2. The van der Waals surface area contributed by atoms with Crippen molar-refractivity contribution in [2.24, 2.45) is 33.5 Å². The van der Waals surface area contributed by atoms with Crippen molar-refractivity contribution in [1.29, 1.82) is 0 Å². The van der Waals surface area contributed by atoms with Crippen LogP contribution in [0.25, 0.3) is 0 Å². The van der Waals surface area contributed by atoms with Gasteiger partial charge in [0.2, 0.25) is 0 Å². The second kappa shape index (κ2) is 6.80. The second-order valence-corrected chi connectivity index (χ2v) is 12.8. The monoisotopic (exact) mass is 484 g/mol. The Hall–Kier alpha value is -2.12. The number of carbonyl (C=O) groups is 2. The standard InChI is InChI=1S/C28H36O7/c1-15(29)33-20-13-18-24(2,3)19(30)8-10-25(18,4)17-7-11-26(5)21(16-9-12-32-14-16)34-23(31)22-28(26,35-22)27(17,20)6/h8-10,12,14,17-22,30H,7,11,13H2,1-6H3/t17-,18-,19+,20+,21-,22-,25-,26+,27-,28+/m1/s1. The van der Waals surface area contributed by atoms with Crippen LogP contribution in [0.4, 0.5) is 0 Å². The Bertz CT molecular complexity index is 1110. The van der Waals surface area contributed by atoms with Gasteiger partial charge in [-0.25, -0.2) is 4.79 Å². The Morgan fingerprint density at radius 3 is 2.54 bits per heavy atom. The largest absolute Gasteiger partial charge is 0.472 e. The van der Waals surface area contributed by atoms with E-state index in [4.69, 9.17) is 18.6 Å². The minimum absolute atomic E-state index is 0.0788. The molecule has 0 aromatic carbocycles. The molecule has 2 saturated heterocycles. The highest BCUT2D eigenvalue weighted by atomic mass is 16.7. The SMILES string of the molecule is CC(=O)O[C@H]1C[C@@H]2C(C)(C)[C@@H](O)C=C[C@]2(C)[C@H]2CC[C@@]3(C)[C@@H](c4ccoc4)OC(=O)[C@H]4O[C@@]43[C@@]12C. The lowest BCUT2D eigenvalue weighted by atomic mass is 9.35. The summed E-state index contributed by atoms with van der Waals surface area (Å²) in [5, 5.41) is 10.9. The highest BCUT2D eigenvalue weighted by molar-refractivity contribution is 5.82. The van der Waals surface area contributed by atoms with Crippen LogP contribution in [0.3, 0.4) is 0 Å². The molecule has 1 aromatic heterocycles. The molecule has 190 valence electrons. The van der Waals surface area contributed by atoms with Gasteiger partial charge in [0.1, 0.15) is 17.8 Å². The van der Waals surface area contributed by atoms with Crippen molar-refractivity contribution in [3.8, 4) is 0 Å². The van der Waals surface area contributed by atoms with E-state index in [1.54, 1.807) is 12.5 Å². The van der Waals surface area contributed by atoms with Gasteiger partial charge in [-0.1, -0.05) is 46.8 Å². The molecule has 1 spiro atoms. The van der Waals surface area contributed by atoms with Crippen LogP contribution in [-0.4, -0.2) is 41.0 Å². The molecule has 35 heavy (non-hydrogen) atoms. The van der Waals surface area contributed by atoms with Gasteiger partial charge < -0.3 is 23.7 Å². The predicted molar refractivity (Wildman–Crippen MR) is 125 cm³/mol. The number of hydrogen-bond acceptors (Lipinski definition) is 7. The Morgan fingerprint density at radius 2 is 1.89 bits per heavy atom. The molecule has 5 aliphatic rings. The van der Waals surface area contributed by atoms with Gasteiger partial charge >= 0.3 is 11.9 Å². The number of ether oxygens (including phenoxy) is 3. The fourth-order valence-corrected chi connectivity index (χ4v) is 9.34. The van der Waals surface area contributed by atoms with Gasteiger partial charge in [0, 0.05) is 23.3 Å². The molecule has 1 N–H and O–H groups in total. The zero-order valence-corrected chi connectivity index (χ0v) is 21.4. The van der Waals surface area contributed by atoms with Crippen LogP contribution < -0.4 is 0 Å². The summed E-state index contributed by atoms with van der Waals surface area (Å²) >= 11 is 0. The molecule has 0 bridgehead atoms. The van der Waals surface area contributed by atoms with Gasteiger partial charge in [0.05, 0.1) is 18.6 Å². The molecule has 7 nitrogen and oxygen atoms in total. The number of furan rings is 1. The maximum absolute atomic E-state index is 13.3. The van der Waals surface area contributed by atoms with Crippen molar-refractivity contribution in [3.05, 3.63) is 36.3 Å². The van der Waals surface area contributed by atoms with E-state index in [1.165, 1.54) is 6.92 Å². The first-order valence-electron chi connectivity index (χ1n) is 12.8. The quantitative estimate of drug-likeness (QED) is 0.378. The predicted octanol–water partition coefficient (Wildman–Crippen LogP) is 4.35. The minimum Gasteiger partial charge on any atom is -0.472 e. The van der Waals surface area contributed by atoms with Crippen molar-refractivity contribution < 1.29 is 33.3 Å². The van der Waals surface area contributed by atoms with Gasteiger partial charge in [-0.05, 0) is 48.0 Å². The normalized spacial score (nSPS) is 51.2. The number of hydrogen-bond donors (Lipinski definition) is 1. The Kier molecular flexibility index (Phi) is 4.52. The number of epoxide rings is 1. The van der Waals surface area contributed by atoms with E-state index < -0.39 is 46.3 Å². The summed E-state index contributed by atoms with van der Waals surface area (Å²) in [6.45, 7) is 12.3. The smallest absolute Gasteiger partial charge is 0.339 e. The number of carbonyl (C=O) groups excluding carboxylic acids is 2. The van der Waals surface area contributed by atoms with Gasteiger partial charge in [-0.15, -0.1) is 0 Å². The lowest BCUT2D eigenvalue weighted by Gasteiger charge is -2.69. The molecule has 10 atom stereocenters. The third-order valence-electron chi connectivity index (χ3n) is 11.0. The second-order valence-electron chi connectivity index (χ2n) is 12.8. The molecule has 0 amide bonds. The first-order valence-corrected chi connectivity index (χ1v) is 12.8. The van der Waals surface area contributed by atoms with E-state index in [1.807, 2.05) is 12.1 Å². The Balaban J connectivity index is 1.55. The van der Waals surface area contributed by atoms with Gasteiger partial charge in [0.25, 0.3) is 0 Å². The molecule has 6 rings (SSSR count). The lowest BCUT2D eigenvalue weighted by Crippen LogP contribution is -2.72. The fraction of sp³-hybridized carbons (Fsp3) is 0.714. The molecule has 1 aromatic rings. The molecule has 3 aliphatic carbocycles. The van der Waals surface area contributed by atoms with Crippen LogP contribution in [0.15, 0.2) is 35.2 Å². The zero-order chi connectivity index (χ0) is 25.2. The van der Waals surface area contributed by atoms with Crippen LogP contribution >= 0.6 is 0 Å². The highest BCUT2D eigenvalue weighted by Gasteiger charge is 2.88. The third-order valence-corrected chi connectivity index (χ3v) is 11.0. The Labute approximate surface area is 206 Å². The number of cyclic esters (lactones) is 1. The van der Waals surface area contributed by atoms with Gasteiger partial charge in [-0.3, -0.25) is 4.79 Å². The summed E-state index contributed by atoms with van der Waals surface area (Å²) in [6.07, 6.45) is 7.38. The van der Waals surface area contributed by atoms with Crippen molar-refractivity contribution in [2.45, 2.75) is 90.8 Å². The fourth-order valence-electron chi connectivity index (χ4n) is 9.34. The summed E-state index contributed by atoms with van der Waals surface area (Å²) < 4.78 is 24.0. The highest BCUT2D eigenvalue weighted by Crippen LogP contribution is 2.79. The van der Waals surface area contributed by atoms with Crippen LogP contribution in [0.1, 0.15) is 72.5 Å². The summed E-state index contributed by atoms with van der Waals surface area (Å²) in [7, 11) is 0. The van der Waals surface area contributed by atoms with Crippen molar-refractivity contribution in [1.82, 2.24) is 0 Å². The van der Waals surface area contributed by atoms with Crippen molar-refractivity contribution in [3.63, 3.8) is 0 Å². The molecular weight excluding hydrogens is 448 g/mol. The molecule has 0 radical (unpaired) electrons. The van der Waals surface area contributed by atoms with E-state index in [-0.39, 0.29) is 29.2 Å². The van der Waals surface area contributed by atoms with E-state index in [2.05, 4.69) is 40.7 Å². The first-order chi connectivity index (χ1) is 16.3. The molecule has 4 fully saturated rings. The minimum atomic E-state index is -0.831. The molecule has 3 heterocycles. The maximum atomic E-state index is 13.3. The molecule has 0 unspecified atom stereocenters. The number of esters is 2. The molecule has 7 heteroatoms. The summed E-state index contributed by atoms with van der Waals surface area (Å²) in [4.78, 5) is 25.7. The molecule has 2 saturated carbocycles. The van der Waals surface area contributed by atoms with Crippen LogP contribution in [-0.2, 0) is 23.8 Å². The van der Waals surface area contributed by atoms with Crippen LogP contribution in [0, 0.1) is 33.5 Å². The van der Waals surface area contributed by atoms with Crippen LogP contribution in [0.2, 0.25) is 0 Å². The summed E-state index contributed by atoms with van der Waals surface area (Å²) in [5.41, 5.74) is -1.81. The van der Waals surface area contributed by atoms with E-state index in [0.29, 0.717) is 6.42 Å².